The fourth-order valence-corrected chi connectivity index (χ4v) is 3.52. The summed E-state index contributed by atoms with van der Waals surface area (Å²) in [5.74, 6) is 0. The Balaban J connectivity index is 1.72. The molecular formula is C23H29N3O2S. The third-order valence-corrected chi connectivity index (χ3v) is 5.11. The molecule has 0 radical (unpaired) electrons. The first-order valence-corrected chi connectivity index (χ1v) is 10.5. The van der Waals surface area contributed by atoms with Gasteiger partial charge in [-0.1, -0.05) is 49.5 Å². The Morgan fingerprint density at radius 2 is 2.00 bits per heavy atom. The molecule has 154 valence electrons. The van der Waals surface area contributed by atoms with Crippen LogP contribution in [0.2, 0.25) is 0 Å². The lowest BCUT2D eigenvalue weighted by Crippen LogP contribution is -2.39. The highest BCUT2D eigenvalue weighted by Crippen LogP contribution is 2.26. The van der Waals surface area contributed by atoms with Crippen molar-refractivity contribution in [3.8, 4) is 0 Å². The molecule has 0 saturated carbocycles. The first-order chi connectivity index (χ1) is 13.8. The van der Waals surface area contributed by atoms with E-state index in [0.29, 0.717) is 13.1 Å². The van der Waals surface area contributed by atoms with Gasteiger partial charge in [0.05, 0.1) is 12.2 Å². The molecule has 0 saturated heterocycles. The molecule has 0 spiro atoms. The fourth-order valence-electron chi connectivity index (χ4n) is 3.37. The molecule has 0 N–H and O–H groups in total. The second-order valence-corrected chi connectivity index (χ2v) is 8.54. The van der Waals surface area contributed by atoms with Gasteiger partial charge in [0, 0.05) is 30.2 Å². The number of nitrogens with zero attached hydrogens (tertiary/aromatic N) is 3. The van der Waals surface area contributed by atoms with E-state index in [1.54, 1.807) is 10.3 Å². The van der Waals surface area contributed by atoms with Crippen LogP contribution >= 0.6 is 12.2 Å². The summed E-state index contributed by atoms with van der Waals surface area (Å²) in [4.78, 5) is 14.0. The normalized spacial score (nSPS) is 14.5. The van der Waals surface area contributed by atoms with E-state index in [-0.39, 0.29) is 6.09 Å². The molecule has 0 atom stereocenters. The quantitative estimate of drug-likeness (QED) is 0.659. The van der Waals surface area contributed by atoms with E-state index in [9.17, 15) is 4.79 Å². The molecule has 1 aromatic carbocycles. The molecule has 1 aliphatic heterocycles. The van der Waals surface area contributed by atoms with E-state index in [1.807, 2.05) is 37.6 Å². The molecule has 0 unspecified atom stereocenters. The smallest absolute Gasteiger partial charge is 0.410 e. The van der Waals surface area contributed by atoms with Crippen molar-refractivity contribution in [1.29, 1.82) is 0 Å². The monoisotopic (exact) mass is 411 g/mol. The van der Waals surface area contributed by atoms with Crippen molar-refractivity contribution in [2.24, 2.45) is 0 Å². The molecule has 6 heteroatoms. The maximum atomic E-state index is 12.3. The first kappa shape index (κ1) is 21.2. The standard InChI is InChI=1S/C23H29N3O2S/c1-5-21-20(15-26(24-21)14-17-6-8-18(16-29)9-7-17)19-10-12-25(13-11-19)22(27)28-23(2,3)4/h6-10,15-16H,5,11-14H2,1-4H3. The zero-order chi connectivity index (χ0) is 21.0. The van der Waals surface area contributed by atoms with Crippen LogP contribution in [0.15, 0.2) is 36.5 Å². The van der Waals surface area contributed by atoms with Crippen LogP contribution < -0.4 is 0 Å². The maximum absolute atomic E-state index is 12.3. The lowest BCUT2D eigenvalue weighted by atomic mass is 9.99. The summed E-state index contributed by atoms with van der Waals surface area (Å²) in [6.07, 6.45) is 5.68. The lowest BCUT2D eigenvalue weighted by Gasteiger charge is -2.29. The van der Waals surface area contributed by atoms with Crippen LogP contribution in [-0.4, -0.2) is 44.8 Å². The third kappa shape index (κ3) is 5.54. The van der Waals surface area contributed by atoms with Crippen LogP contribution in [0.4, 0.5) is 4.79 Å². The molecule has 1 aliphatic rings. The minimum Gasteiger partial charge on any atom is -0.444 e. The van der Waals surface area contributed by atoms with Crippen molar-refractivity contribution in [3.05, 3.63) is 58.9 Å². The van der Waals surface area contributed by atoms with Crippen LogP contribution in [0.3, 0.4) is 0 Å². The number of thiocarbonyl (C=S) groups is 1. The van der Waals surface area contributed by atoms with Crippen molar-refractivity contribution in [2.75, 3.05) is 13.1 Å². The SMILES string of the molecule is CCc1nn(Cc2ccc(C=S)cc2)cc1C1=CCN(C(=O)OC(C)(C)C)CC1. The van der Waals surface area contributed by atoms with Gasteiger partial charge in [0.2, 0.25) is 0 Å². The summed E-state index contributed by atoms with van der Waals surface area (Å²) < 4.78 is 7.48. The molecule has 1 aromatic heterocycles. The summed E-state index contributed by atoms with van der Waals surface area (Å²) >= 11 is 4.97. The van der Waals surface area contributed by atoms with E-state index in [0.717, 1.165) is 30.6 Å². The molecule has 5 nitrogen and oxygen atoms in total. The topological polar surface area (TPSA) is 47.4 Å². The van der Waals surface area contributed by atoms with Gasteiger partial charge in [0.15, 0.2) is 0 Å². The minimum absolute atomic E-state index is 0.251. The van der Waals surface area contributed by atoms with Crippen LogP contribution in [0.1, 0.15) is 56.5 Å². The Morgan fingerprint density at radius 1 is 1.28 bits per heavy atom. The first-order valence-electron chi connectivity index (χ1n) is 10.1. The number of carbonyl (C=O) groups is 1. The van der Waals surface area contributed by atoms with Crippen LogP contribution in [0.5, 0.6) is 0 Å². The van der Waals surface area contributed by atoms with Crippen molar-refractivity contribution in [2.45, 2.75) is 52.7 Å². The van der Waals surface area contributed by atoms with Gasteiger partial charge in [-0.2, -0.15) is 5.10 Å². The van der Waals surface area contributed by atoms with Crippen molar-refractivity contribution in [3.63, 3.8) is 0 Å². The number of hydrogen-bond donors (Lipinski definition) is 0. The highest BCUT2D eigenvalue weighted by atomic mass is 32.1. The molecule has 0 bridgehead atoms. The third-order valence-electron chi connectivity index (χ3n) is 4.84. The Labute approximate surface area is 178 Å². The largest absolute Gasteiger partial charge is 0.444 e. The second kappa shape index (κ2) is 8.91. The highest BCUT2D eigenvalue weighted by Gasteiger charge is 2.25. The molecule has 29 heavy (non-hydrogen) atoms. The predicted octanol–water partition coefficient (Wildman–Crippen LogP) is 4.87. The number of amides is 1. The van der Waals surface area contributed by atoms with Gasteiger partial charge in [-0.05, 0) is 50.3 Å². The van der Waals surface area contributed by atoms with Crippen molar-refractivity contribution >= 4 is 29.3 Å². The molecule has 2 heterocycles. The summed E-state index contributed by atoms with van der Waals surface area (Å²) in [6.45, 7) is 9.75. The summed E-state index contributed by atoms with van der Waals surface area (Å²) in [6, 6.07) is 8.23. The summed E-state index contributed by atoms with van der Waals surface area (Å²) in [5.41, 5.74) is 5.30. The summed E-state index contributed by atoms with van der Waals surface area (Å²) in [7, 11) is 0. The zero-order valence-corrected chi connectivity index (χ0v) is 18.5. The van der Waals surface area contributed by atoms with Crippen LogP contribution in [-0.2, 0) is 17.7 Å². The van der Waals surface area contributed by atoms with E-state index in [2.05, 4.69) is 31.3 Å². The van der Waals surface area contributed by atoms with E-state index in [4.69, 9.17) is 22.1 Å². The van der Waals surface area contributed by atoms with Gasteiger partial charge >= 0.3 is 6.09 Å². The number of carbonyl (C=O) groups excluding carboxylic acids is 1. The minimum atomic E-state index is -0.473. The number of ether oxygens (including phenoxy) is 1. The van der Waals surface area contributed by atoms with Gasteiger partial charge in [0.1, 0.15) is 5.60 Å². The molecule has 2 aromatic rings. The zero-order valence-electron chi connectivity index (χ0n) is 17.6. The Morgan fingerprint density at radius 3 is 2.55 bits per heavy atom. The van der Waals surface area contributed by atoms with Gasteiger partial charge in [-0.25, -0.2) is 4.79 Å². The molecule has 3 rings (SSSR count). The molecule has 0 aliphatic carbocycles. The van der Waals surface area contributed by atoms with Gasteiger partial charge in [-0.15, -0.1) is 0 Å². The number of aryl methyl sites for hydroxylation is 1. The van der Waals surface area contributed by atoms with Gasteiger partial charge in [0.25, 0.3) is 0 Å². The van der Waals surface area contributed by atoms with Crippen LogP contribution in [0.25, 0.3) is 5.57 Å². The highest BCUT2D eigenvalue weighted by molar-refractivity contribution is 7.79. The molecule has 1 amide bonds. The predicted molar refractivity (Wildman–Crippen MR) is 120 cm³/mol. The molecular weight excluding hydrogens is 382 g/mol. The Hall–Kier alpha value is -2.47. The summed E-state index contributed by atoms with van der Waals surface area (Å²) in [5, 5.41) is 6.47. The van der Waals surface area contributed by atoms with E-state index >= 15 is 0 Å². The number of rotatable bonds is 5. The van der Waals surface area contributed by atoms with E-state index < -0.39 is 5.60 Å². The van der Waals surface area contributed by atoms with Crippen molar-refractivity contribution in [1.82, 2.24) is 14.7 Å². The van der Waals surface area contributed by atoms with Gasteiger partial charge in [-0.3, -0.25) is 4.68 Å². The number of aromatic nitrogens is 2. The Kier molecular flexibility index (Phi) is 6.52. The number of hydrogen-bond acceptors (Lipinski definition) is 4. The fraction of sp³-hybridized carbons (Fsp3) is 0.435. The Bertz CT molecular complexity index is 907. The van der Waals surface area contributed by atoms with Crippen molar-refractivity contribution < 1.29 is 9.53 Å². The van der Waals surface area contributed by atoms with E-state index in [1.165, 1.54) is 16.7 Å². The average molecular weight is 412 g/mol. The molecule has 0 fully saturated rings. The lowest BCUT2D eigenvalue weighted by molar-refractivity contribution is 0.0270. The van der Waals surface area contributed by atoms with Crippen LogP contribution in [0, 0.1) is 0 Å². The maximum Gasteiger partial charge on any atom is 0.410 e. The number of benzene rings is 1. The second-order valence-electron chi connectivity index (χ2n) is 8.31. The average Bonchev–Trinajstić information content (AvgIpc) is 3.10. The van der Waals surface area contributed by atoms with Gasteiger partial charge < -0.3 is 9.64 Å².